The molecule has 2 rings (SSSR count). The summed E-state index contributed by atoms with van der Waals surface area (Å²) in [6, 6.07) is 9.23. The number of rotatable bonds is 4. The Kier molecular flexibility index (Phi) is 4.38. The van der Waals surface area contributed by atoms with Crippen LogP contribution in [0.15, 0.2) is 36.4 Å². The maximum Gasteiger partial charge on any atom is 0.311 e. The molecule has 2 aromatic rings. The number of carboxylic acids is 1. The molecule has 110 valence electrons. The van der Waals surface area contributed by atoms with Gasteiger partial charge in [0.15, 0.2) is 0 Å². The number of carbonyl (C=O) groups is 1. The van der Waals surface area contributed by atoms with E-state index in [9.17, 15) is 20.1 Å². The molecule has 4 nitrogen and oxygen atoms in total. The first-order valence-electron chi connectivity index (χ1n) is 6.38. The average molecular weight is 307 g/mol. The molecule has 2 aromatic carbocycles. The van der Waals surface area contributed by atoms with Crippen LogP contribution in [0.3, 0.4) is 0 Å². The lowest BCUT2D eigenvalue weighted by atomic mass is 9.91. The third-order valence-corrected chi connectivity index (χ3v) is 3.80. The van der Waals surface area contributed by atoms with Gasteiger partial charge in [0.1, 0.15) is 11.5 Å². The number of aryl methyl sites for hydroxylation is 1. The number of carboxylic acid groups (broad SMARTS) is 1. The number of hydrogen-bond donors (Lipinski definition) is 3. The summed E-state index contributed by atoms with van der Waals surface area (Å²) < 4.78 is 0. The number of phenolic OH excluding ortho intramolecular Hbond substituents is 2. The maximum atomic E-state index is 11.5. The number of phenols is 2. The third kappa shape index (κ3) is 3.47. The molecule has 0 amide bonds. The average Bonchev–Trinajstić information content (AvgIpc) is 2.41. The highest BCUT2D eigenvalue weighted by Gasteiger charge is 2.22. The van der Waals surface area contributed by atoms with Crippen molar-refractivity contribution in [3.05, 3.63) is 58.1 Å². The van der Waals surface area contributed by atoms with Crippen molar-refractivity contribution in [2.75, 3.05) is 0 Å². The lowest BCUT2D eigenvalue weighted by molar-refractivity contribution is -0.138. The van der Waals surface area contributed by atoms with Gasteiger partial charge in [-0.2, -0.15) is 0 Å². The largest absolute Gasteiger partial charge is 0.508 e. The predicted octanol–water partition coefficient (Wildman–Crippen LogP) is 3.47. The van der Waals surface area contributed by atoms with Gasteiger partial charge < -0.3 is 15.3 Å². The van der Waals surface area contributed by atoms with Crippen molar-refractivity contribution in [1.82, 2.24) is 0 Å². The number of aromatic hydroxyl groups is 2. The van der Waals surface area contributed by atoms with Crippen LogP contribution in [0.4, 0.5) is 0 Å². The Bertz CT molecular complexity index is 682. The molecule has 0 aliphatic rings. The maximum absolute atomic E-state index is 11.5. The van der Waals surface area contributed by atoms with Gasteiger partial charge >= 0.3 is 5.97 Å². The zero-order valence-electron chi connectivity index (χ0n) is 11.4. The smallest absolute Gasteiger partial charge is 0.311 e. The number of halogens is 1. The van der Waals surface area contributed by atoms with Crippen molar-refractivity contribution in [2.24, 2.45) is 0 Å². The van der Waals surface area contributed by atoms with E-state index >= 15 is 0 Å². The lowest BCUT2D eigenvalue weighted by Gasteiger charge is -2.15. The Balaban J connectivity index is 2.35. The molecule has 0 saturated carbocycles. The number of benzene rings is 2. The van der Waals surface area contributed by atoms with Crippen molar-refractivity contribution in [3.63, 3.8) is 0 Å². The molecule has 0 aliphatic carbocycles. The second kappa shape index (κ2) is 6.06. The quantitative estimate of drug-likeness (QED) is 0.808. The minimum atomic E-state index is -0.998. The summed E-state index contributed by atoms with van der Waals surface area (Å²) in [7, 11) is 0. The Morgan fingerprint density at radius 3 is 2.48 bits per heavy atom. The van der Waals surface area contributed by atoms with Crippen LogP contribution in [-0.4, -0.2) is 21.3 Å². The van der Waals surface area contributed by atoms with Crippen LogP contribution in [-0.2, 0) is 11.2 Å². The van der Waals surface area contributed by atoms with E-state index < -0.39 is 11.9 Å². The van der Waals surface area contributed by atoms with Gasteiger partial charge in [-0.05, 0) is 42.2 Å². The van der Waals surface area contributed by atoms with Gasteiger partial charge in [0.05, 0.1) is 5.92 Å². The third-order valence-electron chi connectivity index (χ3n) is 3.39. The van der Waals surface area contributed by atoms with E-state index in [-0.39, 0.29) is 17.9 Å². The highest BCUT2D eigenvalue weighted by atomic mass is 35.5. The fourth-order valence-electron chi connectivity index (χ4n) is 2.12. The topological polar surface area (TPSA) is 77.8 Å². The van der Waals surface area contributed by atoms with Crippen LogP contribution in [0.5, 0.6) is 11.5 Å². The summed E-state index contributed by atoms with van der Waals surface area (Å²) in [6.07, 6.45) is 0.112. The van der Waals surface area contributed by atoms with E-state index in [0.29, 0.717) is 16.1 Å². The number of hydrogen-bond acceptors (Lipinski definition) is 3. The Labute approximate surface area is 127 Å². The van der Waals surface area contributed by atoms with Gasteiger partial charge in [-0.3, -0.25) is 4.79 Å². The summed E-state index contributed by atoms with van der Waals surface area (Å²) in [5, 5.41) is 29.0. The van der Waals surface area contributed by atoms with E-state index in [2.05, 4.69) is 0 Å². The first-order valence-corrected chi connectivity index (χ1v) is 6.76. The molecular formula is C16H15ClO4. The summed E-state index contributed by atoms with van der Waals surface area (Å²) >= 11 is 6.04. The van der Waals surface area contributed by atoms with Crippen molar-refractivity contribution >= 4 is 17.6 Å². The molecule has 1 atom stereocenters. The van der Waals surface area contributed by atoms with E-state index in [0.717, 1.165) is 5.56 Å². The first kappa shape index (κ1) is 15.2. The highest BCUT2D eigenvalue weighted by molar-refractivity contribution is 6.31. The monoisotopic (exact) mass is 306 g/mol. The molecule has 0 spiro atoms. The van der Waals surface area contributed by atoms with E-state index in [4.69, 9.17) is 11.6 Å². The zero-order chi connectivity index (χ0) is 15.6. The second-order valence-corrected chi connectivity index (χ2v) is 5.32. The van der Waals surface area contributed by atoms with Gasteiger partial charge in [0.2, 0.25) is 0 Å². The van der Waals surface area contributed by atoms with Crippen molar-refractivity contribution < 1.29 is 20.1 Å². The minimum Gasteiger partial charge on any atom is -0.508 e. The fraction of sp³-hybridized carbons (Fsp3) is 0.188. The van der Waals surface area contributed by atoms with Gasteiger partial charge in [-0.15, -0.1) is 0 Å². The Morgan fingerprint density at radius 2 is 1.90 bits per heavy atom. The first-order chi connectivity index (χ1) is 9.88. The van der Waals surface area contributed by atoms with E-state index in [1.165, 1.54) is 18.2 Å². The zero-order valence-corrected chi connectivity index (χ0v) is 12.1. The molecule has 0 bridgehead atoms. The normalized spacial score (nSPS) is 12.1. The molecule has 0 fully saturated rings. The van der Waals surface area contributed by atoms with Crippen molar-refractivity contribution in [3.8, 4) is 11.5 Å². The Hall–Kier alpha value is -2.20. The summed E-state index contributed by atoms with van der Waals surface area (Å²) in [4.78, 5) is 11.5. The fourth-order valence-corrected chi connectivity index (χ4v) is 2.31. The van der Waals surface area contributed by atoms with Gasteiger partial charge in [-0.1, -0.05) is 29.8 Å². The van der Waals surface area contributed by atoms with Crippen molar-refractivity contribution in [2.45, 2.75) is 19.3 Å². The minimum absolute atomic E-state index is 0.0681. The van der Waals surface area contributed by atoms with Crippen LogP contribution < -0.4 is 0 Å². The second-order valence-electron chi connectivity index (χ2n) is 4.92. The van der Waals surface area contributed by atoms with Gasteiger partial charge in [0, 0.05) is 11.1 Å². The lowest BCUT2D eigenvalue weighted by Crippen LogP contribution is -2.14. The molecule has 0 radical (unpaired) electrons. The van der Waals surface area contributed by atoms with Crippen LogP contribution in [0.2, 0.25) is 5.02 Å². The SMILES string of the molecule is Cc1ccc(C(Cc2ccc(O)cc2O)C(=O)O)cc1Cl. The highest BCUT2D eigenvalue weighted by Crippen LogP contribution is 2.30. The molecule has 0 aliphatic heterocycles. The summed E-state index contributed by atoms with van der Waals surface area (Å²) in [5.41, 5.74) is 1.90. The number of aliphatic carboxylic acids is 1. The van der Waals surface area contributed by atoms with Crippen LogP contribution in [0, 0.1) is 6.92 Å². The van der Waals surface area contributed by atoms with Gasteiger partial charge in [-0.25, -0.2) is 0 Å². The summed E-state index contributed by atoms with van der Waals surface area (Å²) in [5.74, 6) is -2.01. The van der Waals surface area contributed by atoms with E-state index in [1.807, 2.05) is 6.92 Å². The van der Waals surface area contributed by atoms with Gasteiger partial charge in [0.25, 0.3) is 0 Å². The summed E-state index contributed by atoms with van der Waals surface area (Å²) in [6.45, 7) is 1.84. The Morgan fingerprint density at radius 1 is 1.19 bits per heavy atom. The molecular weight excluding hydrogens is 292 g/mol. The molecule has 21 heavy (non-hydrogen) atoms. The standard InChI is InChI=1S/C16H15ClO4/c1-9-2-3-10(7-14(9)17)13(16(20)21)6-11-4-5-12(18)8-15(11)19/h2-5,7-8,13,18-19H,6H2,1H3,(H,20,21). The molecule has 3 N–H and O–H groups in total. The molecule has 5 heteroatoms. The molecule has 0 heterocycles. The van der Waals surface area contributed by atoms with Crippen molar-refractivity contribution in [1.29, 1.82) is 0 Å². The van der Waals surface area contributed by atoms with Crippen LogP contribution in [0.1, 0.15) is 22.6 Å². The predicted molar refractivity (Wildman–Crippen MR) is 80.0 cm³/mol. The molecule has 0 aromatic heterocycles. The van der Waals surface area contributed by atoms with E-state index in [1.54, 1.807) is 18.2 Å². The molecule has 0 saturated heterocycles. The van der Waals surface area contributed by atoms with Crippen LogP contribution >= 0.6 is 11.6 Å². The van der Waals surface area contributed by atoms with Crippen LogP contribution in [0.25, 0.3) is 0 Å². The molecule has 1 unspecified atom stereocenters.